The fourth-order valence-electron chi connectivity index (χ4n) is 6.53. The van der Waals surface area contributed by atoms with Gasteiger partial charge >= 0.3 is 0 Å². The van der Waals surface area contributed by atoms with Crippen LogP contribution in [0, 0.1) is 41.5 Å². The predicted molar refractivity (Wildman–Crippen MR) is 160 cm³/mol. The van der Waals surface area contributed by atoms with Gasteiger partial charge in [0.25, 0.3) is 0 Å². The Kier molecular flexibility index (Phi) is 5.66. The first kappa shape index (κ1) is 24.7. The molecule has 4 heterocycles. The van der Waals surface area contributed by atoms with Crippen LogP contribution in [0.4, 0.5) is 0 Å². The lowest BCUT2D eigenvalue weighted by Crippen LogP contribution is -2.48. The molecular formula is C30H36S4. The van der Waals surface area contributed by atoms with E-state index in [0.29, 0.717) is 0 Å². The summed E-state index contributed by atoms with van der Waals surface area (Å²) in [6.07, 6.45) is 0. The third kappa shape index (κ3) is 2.92. The molecule has 0 radical (unpaired) electrons. The molecule has 0 fully saturated rings. The zero-order valence-electron chi connectivity index (χ0n) is 22.6. The van der Waals surface area contributed by atoms with E-state index in [-0.39, 0.29) is 9.49 Å². The highest BCUT2D eigenvalue weighted by Crippen LogP contribution is 2.72. The molecule has 2 atom stereocenters. The number of allylic oxidation sites excluding steroid dienone is 6. The van der Waals surface area contributed by atoms with Crippen LogP contribution in [0.3, 0.4) is 0 Å². The summed E-state index contributed by atoms with van der Waals surface area (Å²) >= 11 is 8.16. The second-order valence-corrected chi connectivity index (χ2v) is 16.7. The molecule has 0 spiro atoms. The van der Waals surface area contributed by atoms with Crippen LogP contribution in [-0.4, -0.2) is 9.49 Å². The lowest BCUT2D eigenvalue weighted by molar-refractivity contribution is 0.616. The summed E-state index contributed by atoms with van der Waals surface area (Å²) in [5.74, 6) is 0. The Morgan fingerprint density at radius 2 is 0.794 bits per heavy atom. The largest absolute Gasteiger partial charge is 0.145 e. The third-order valence-electron chi connectivity index (χ3n) is 8.76. The van der Waals surface area contributed by atoms with Crippen molar-refractivity contribution in [1.29, 1.82) is 0 Å². The van der Waals surface area contributed by atoms with Gasteiger partial charge in [0.2, 0.25) is 0 Å². The fraction of sp³-hybridized carbons (Fsp3) is 0.467. The first-order valence-electron chi connectivity index (χ1n) is 12.1. The van der Waals surface area contributed by atoms with E-state index in [1.54, 1.807) is 11.1 Å². The number of thiophene rings is 2. The van der Waals surface area contributed by atoms with Crippen LogP contribution < -0.4 is 0 Å². The second-order valence-electron chi connectivity index (χ2n) is 10.6. The van der Waals surface area contributed by atoms with Gasteiger partial charge in [-0.3, -0.25) is 0 Å². The SMILES string of the molecule is CC1=C(C)C2=C(c3c(C)sc(C)c3C)C(c3c(C)sc(C)c3C)=C3C(C)=C(C)S[C@]3(C)[C@@]2(C)S1. The van der Waals surface area contributed by atoms with Crippen molar-refractivity contribution >= 4 is 57.3 Å². The summed E-state index contributed by atoms with van der Waals surface area (Å²) in [5.41, 5.74) is 15.1. The van der Waals surface area contributed by atoms with E-state index in [9.17, 15) is 0 Å². The zero-order valence-corrected chi connectivity index (χ0v) is 25.9. The van der Waals surface area contributed by atoms with Gasteiger partial charge in [-0.25, -0.2) is 0 Å². The Morgan fingerprint density at radius 3 is 1.06 bits per heavy atom. The van der Waals surface area contributed by atoms with E-state index in [1.165, 1.54) is 73.9 Å². The topological polar surface area (TPSA) is 0 Å². The van der Waals surface area contributed by atoms with Crippen molar-refractivity contribution in [1.82, 2.24) is 0 Å². The molecule has 1 aliphatic carbocycles. The van der Waals surface area contributed by atoms with Crippen LogP contribution in [0.2, 0.25) is 0 Å². The lowest BCUT2D eigenvalue weighted by Gasteiger charge is -2.49. The van der Waals surface area contributed by atoms with Gasteiger partial charge in [0.15, 0.2) is 0 Å². The van der Waals surface area contributed by atoms with Crippen LogP contribution in [0.5, 0.6) is 0 Å². The monoisotopic (exact) mass is 524 g/mol. The molecule has 2 aliphatic heterocycles. The summed E-state index contributed by atoms with van der Waals surface area (Å²) < 4.78 is 0.00122. The smallest absolute Gasteiger partial charge is 0.0621 e. The van der Waals surface area contributed by atoms with E-state index < -0.39 is 0 Å². The van der Waals surface area contributed by atoms with E-state index in [1.807, 2.05) is 22.7 Å². The molecule has 0 N–H and O–H groups in total. The van der Waals surface area contributed by atoms with Crippen molar-refractivity contribution in [2.24, 2.45) is 0 Å². The summed E-state index contributed by atoms with van der Waals surface area (Å²) in [6.45, 7) is 28.5. The number of hydrogen-bond acceptors (Lipinski definition) is 4. The molecule has 4 heteroatoms. The highest BCUT2D eigenvalue weighted by atomic mass is 32.2. The molecule has 0 amide bonds. The van der Waals surface area contributed by atoms with E-state index >= 15 is 0 Å². The predicted octanol–water partition coefficient (Wildman–Crippen LogP) is 10.5. The molecule has 3 aliphatic rings. The highest BCUT2D eigenvalue weighted by Gasteiger charge is 2.61. The Hall–Kier alpha value is -0.940. The number of hydrogen-bond donors (Lipinski definition) is 0. The summed E-state index contributed by atoms with van der Waals surface area (Å²) in [6, 6.07) is 0. The normalized spacial score (nSPS) is 26.9. The van der Waals surface area contributed by atoms with Crippen LogP contribution in [0.1, 0.15) is 83.3 Å². The lowest BCUT2D eigenvalue weighted by atomic mass is 9.65. The van der Waals surface area contributed by atoms with Gasteiger partial charge in [-0.05, 0) is 149 Å². The van der Waals surface area contributed by atoms with Gasteiger partial charge in [0, 0.05) is 19.5 Å². The van der Waals surface area contributed by atoms with Crippen molar-refractivity contribution in [2.75, 3.05) is 0 Å². The molecule has 5 rings (SSSR count). The minimum Gasteiger partial charge on any atom is -0.145 e. The summed E-state index contributed by atoms with van der Waals surface area (Å²) in [4.78, 5) is 8.77. The molecule has 0 aromatic carbocycles. The molecule has 0 saturated heterocycles. The Bertz CT molecular complexity index is 1310. The van der Waals surface area contributed by atoms with Gasteiger partial charge < -0.3 is 0 Å². The molecule has 2 aromatic heterocycles. The van der Waals surface area contributed by atoms with Crippen LogP contribution in [-0.2, 0) is 0 Å². The van der Waals surface area contributed by atoms with Crippen molar-refractivity contribution in [3.63, 3.8) is 0 Å². The van der Waals surface area contributed by atoms with Gasteiger partial charge in [-0.1, -0.05) is 0 Å². The maximum Gasteiger partial charge on any atom is 0.0621 e. The summed E-state index contributed by atoms with van der Waals surface area (Å²) in [7, 11) is 0. The Balaban J connectivity index is 2.07. The van der Waals surface area contributed by atoms with E-state index in [2.05, 4.69) is 107 Å². The van der Waals surface area contributed by atoms with Crippen LogP contribution >= 0.6 is 46.2 Å². The van der Waals surface area contributed by atoms with Gasteiger partial charge in [0.05, 0.1) is 9.49 Å². The summed E-state index contributed by atoms with van der Waals surface area (Å²) in [5, 5.41) is 0. The van der Waals surface area contributed by atoms with Crippen LogP contribution in [0.25, 0.3) is 11.1 Å². The fourth-order valence-corrected chi connectivity index (χ4v) is 12.0. The molecular weight excluding hydrogens is 489 g/mol. The molecule has 180 valence electrons. The van der Waals surface area contributed by atoms with Crippen molar-refractivity contribution in [2.45, 2.75) is 92.6 Å². The molecule has 2 aromatic rings. The molecule has 0 unspecified atom stereocenters. The van der Waals surface area contributed by atoms with Gasteiger partial charge in [-0.15, -0.1) is 46.2 Å². The standard InChI is InChI=1S/C30H36S4/c1-13-17(5)31-21(9)23(13)25-26(24-14(2)18(6)32-22(24)10)28-16(4)20(8)34-30(28,12)29(11)27(25)15(3)19(7)33-29/h1-12H3/t29-,30-/m0/s1. The average molecular weight is 525 g/mol. The minimum absolute atomic E-state index is 0.000612. The van der Waals surface area contributed by atoms with E-state index in [4.69, 9.17) is 0 Å². The number of thioether (sulfide) groups is 2. The first-order chi connectivity index (χ1) is 15.8. The second kappa shape index (κ2) is 7.78. The van der Waals surface area contributed by atoms with Gasteiger partial charge in [0.1, 0.15) is 0 Å². The maximum atomic E-state index is 2.53. The average Bonchev–Trinajstić information content (AvgIpc) is 3.32. The molecule has 34 heavy (non-hydrogen) atoms. The third-order valence-corrected chi connectivity index (χ3v) is 14.4. The van der Waals surface area contributed by atoms with Crippen molar-refractivity contribution < 1.29 is 0 Å². The highest BCUT2D eigenvalue weighted by molar-refractivity contribution is 8.09. The maximum absolute atomic E-state index is 2.53. The van der Waals surface area contributed by atoms with Crippen molar-refractivity contribution in [3.05, 3.63) is 73.9 Å². The number of fused-ring (bicyclic) bond motifs is 3. The molecule has 0 nitrogen and oxygen atoms in total. The van der Waals surface area contributed by atoms with E-state index in [0.717, 1.165) is 0 Å². The van der Waals surface area contributed by atoms with Crippen LogP contribution in [0.15, 0.2) is 32.1 Å². The molecule has 0 bridgehead atoms. The number of aryl methyl sites for hydroxylation is 4. The van der Waals surface area contributed by atoms with Crippen molar-refractivity contribution in [3.8, 4) is 0 Å². The Labute approximate surface area is 222 Å². The first-order valence-corrected chi connectivity index (χ1v) is 15.4. The minimum atomic E-state index is 0.000612. The van der Waals surface area contributed by atoms with Gasteiger partial charge in [-0.2, -0.15) is 0 Å². The quantitative estimate of drug-likeness (QED) is 0.383. The number of rotatable bonds is 2. The molecule has 0 saturated carbocycles. The Morgan fingerprint density at radius 1 is 0.471 bits per heavy atom. The zero-order chi connectivity index (χ0) is 25.1.